The molecule has 0 bridgehead atoms. The summed E-state index contributed by atoms with van der Waals surface area (Å²) in [5.41, 5.74) is 2.14. The van der Waals surface area contributed by atoms with Gasteiger partial charge in [0.05, 0.1) is 9.85 Å². The van der Waals surface area contributed by atoms with Gasteiger partial charge < -0.3 is 10.6 Å². The smallest absolute Gasteiger partial charge is 0.270 e. The van der Waals surface area contributed by atoms with Gasteiger partial charge in [0, 0.05) is 46.8 Å². The molecule has 32 heavy (non-hydrogen) atoms. The highest BCUT2D eigenvalue weighted by Crippen LogP contribution is 2.26. The van der Waals surface area contributed by atoms with E-state index in [1.807, 2.05) is 0 Å². The number of hydrogen-bond acceptors (Lipinski definition) is 6. The Morgan fingerprint density at radius 1 is 0.688 bits per heavy atom. The van der Waals surface area contributed by atoms with Crippen LogP contribution in [0.15, 0.2) is 60.7 Å². The average Bonchev–Trinajstić information content (AvgIpc) is 2.77. The molecule has 3 rings (SSSR count). The lowest BCUT2D eigenvalue weighted by molar-refractivity contribution is -0.385. The summed E-state index contributed by atoms with van der Waals surface area (Å²) in [6.07, 6.45) is 0. The van der Waals surface area contributed by atoms with E-state index in [2.05, 4.69) is 10.6 Å². The number of carbonyl (C=O) groups excluding carboxylic acids is 2. The van der Waals surface area contributed by atoms with Gasteiger partial charge in [-0.2, -0.15) is 0 Å². The largest absolute Gasteiger partial charge is 0.322 e. The second kappa shape index (κ2) is 9.04. The lowest BCUT2D eigenvalue weighted by Gasteiger charge is -2.14. The Kier molecular flexibility index (Phi) is 6.24. The molecule has 0 saturated carbocycles. The molecular weight excluding hydrogens is 416 g/mol. The molecule has 0 fully saturated rings. The van der Waals surface area contributed by atoms with Crippen LogP contribution in [0.1, 0.15) is 31.8 Å². The molecule has 10 nitrogen and oxygen atoms in total. The molecule has 0 atom stereocenters. The van der Waals surface area contributed by atoms with Gasteiger partial charge in [-0.1, -0.05) is 12.1 Å². The van der Waals surface area contributed by atoms with Gasteiger partial charge in [0.15, 0.2) is 0 Å². The SMILES string of the molecule is Cc1cc(NC(=O)c2cccc([N+](=O)[O-])c2)c(C)cc1NC(=O)c1cccc([N+](=O)[O-])c1. The number of nitro benzene ring substituents is 2. The van der Waals surface area contributed by atoms with E-state index in [1.165, 1.54) is 48.5 Å². The van der Waals surface area contributed by atoms with Crippen LogP contribution < -0.4 is 10.6 Å². The van der Waals surface area contributed by atoms with Crippen LogP contribution in [0.5, 0.6) is 0 Å². The summed E-state index contributed by atoms with van der Waals surface area (Å²) in [6.45, 7) is 3.46. The Bertz CT molecular complexity index is 1160. The van der Waals surface area contributed by atoms with Crippen molar-refractivity contribution in [2.45, 2.75) is 13.8 Å². The second-order valence-electron chi connectivity index (χ2n) is 7.01. The van der Waals surface area contributed by atoms with E-state index in [1.54, 1.807) is 26.0 Å². The van der Waals surface area contributed by atoms with Crippen molar-refractivity contribution in [1.82, 2.24) is 0 Å². The van der Waals surface area contributed by atoms with Crippen molar-refractivity contribution in [2.75, 3.05) is 10.6 Å². The van der Waals surface area contributed by atoms with E-state index in [0.717, 1.165) is 0 Å². The lowest BCUT2D eigenvalue weighted by atomic mass is 10.1. The molecule has 0 aliphatic carbocycles. The maximum Gasteiger partial charge on any atom is 0.270 e. The third-order valence-corrected chi connectivity index (χ3v) is 4.71. The molecule has 162 valence electrons. The minimum atomic E-state index is -0.578. The minimum Gasteiger partial charge on any atom is -0.322 e. The molecule has 0 aliphatic heterocycles. The molecule has 0 aliphatic rings. The van der Waals surface area contributed by atoms with Gasteiger partial charge in [0.25, 0.3) is 23.2 Å². The fourth-order valence-corrected chi connectivity index (χ4v) is 3.00. The van der Waals surface area contributed by atoms with E-state index in [0.29, 0.717) is 22.5 Å². The fraction of sp³-hybridized carbons (Fsp3) is 0.0909. The van der Waals surface area contributed by atoms with Gasteiger partial charge in [-0.15, -0.1) is 0 Å². The van der Waals surface area contributed by atoms with Crippen LogP contribution in [0, 0.1) is 34.1 Å². The number of anilines is 2. The standard InChI is InChI=1S/C22H18N4O6/c1-13-9-20(24-22(28)16-6-4-8-18(12-16)26(31)32)14(2)10-19(13)23-21(27)15-5-3-7-17(11-15)25(29)30/h3-12H,1-2H3,(H,23,27)(H,24,28). The van der Waals surface area contributed by atoms with Crippen LogP contribution in [0.25, 0.3) is 0 Å². The number of benzene rings is 3. The van der Waals surface area contributed by atoms with Gasteiger partial charge in [0.2, 0.25) is 0 Å². The molecule has 3 aromatic rings. The van der Waals surface area contributed by atoms with E-state index < -0.39 is 21.7 Å². The van der Waals surface area contributed by atoms with Crippen molar-refractivity contribution in [3.63, 3.8) is 0 Å². The normalized spacial score (nSPS) is 10.3. The first-order chi connectivity index (χ1) is 15.2. The van der Waals surface area contributed by atoms with Crippen molar-refractivity contribution in [2.24, 2.45) is 0 Å². The van der Waals surface area contributed by atoms with Crippen LogP contribution in [-0.4, -0.2) is 21.7 Å². The Labute approximate surface area is 182 Å². The number of nitrogens with zero attached hydrogens (tertiary/aromatic N) is 2. The topological polar surface area (TPSA) is 144 Å². The van der Waals surface area contributed by atoms with E-state index in [-0.39, 0.29) is 22.5 Å². The van der Waals surface area contributed by atoms with Crippen LogP contribution in [0.2, 0.25) is 0 Å². The first-order valence-corrected chi connectivity index (χ1v) is 9.38. The number of hydrogen-bond donors (Lipinski definition) is 2. The van der Waals surface area contributed by atoms with Crippen molar-refractivity contribution in [3.05, 3.63) is 103 Å². The number of non-ortho nitro benzene ring substituents is 2. The van der Waals surface area contributed by atoms with Gasteiger partial charge in [-0.05, 0) is 49.2 Å². The van der Waals surface area contributed by atoms with E-state index >= 15 is 0 Å². The number of nitrogens with one attached hydrogen (secondary N) is 2. The third-order valence-electron chi connectivity index (χ3n) is 4.71. The number of nitro groups is 2. The zero-order valence-corrected chi connectivity index (χ0v) is 17.1. The highest BCUT2D eigenvalue weighted by Gasteiger charge is 2.16. The fourth-order valence-electron chi connectivity index (χ4n) is 3.00. The second-order valence-corrected chi connectivity index (χ2v) is 7.01. The Balaban J connectivity index is 1.79. The van der Waals surface area contributed by atoms with E-state index in [4.69, 9.17) is 0 Å². The van der Waals surface area contributed by atoms with E-state index in [9.17, 15) is 29.8 Å². The molecule has 2 amide bonds. The molecule has 0 radical (unpaired) electrons. The predicted octanol–water partition coefficient (Wildman–Crippen LogP) is 4.62. The molecule has 2 N–H and O–H groups in total. The molecule has 10 heteroatoms. The average molecular weight is 434 g/mol. The monoisotopic (exact) mass is 434 g/mol. The van der Waals surface area contributed by atoms with Crippen LogP contribution in [-0.2, 0) is 0 Å². The van der Waals surface area contributed by atoms with Crippen molar-refractivity contribution in [3.8, 4) is 0 Å². The van der Waals surface area contributed by atoms with Gasteiger partial charge in [-0.3, -0.25) is 29.8 Å². The van der Waals surface area contributed by atoms with Crippen molar-refractivity contribution >= 4 is 34.6 Å². The van der Waals surface area contributed by atoms with Gasteiger partial charge >= 0.3 is 0 Å². The summed E-state index contributed by atoms with van der Waals surface area (Å²) < 4.78 is 0. The zero-order chi connectivity index (χ0) is 23.4. The number of rotatable bonds is 6. The summed E-state index contributed by atoms with van der Waals surface area (Å²) in [6, 6.07) is 14.1. The highest BCUT2D eigenvalue weighted by atomic mass is 16.6. The molecule has 0 heterocycles. The van der Waals surface area contributed by atoms with Gasteiger partial charge in [0.1, 0.15) is 0 Å². The van der Waals surface area contributed by atoms with Crippen molar-refractivity contribution < 1.29 is 19.4 Å². The zero-order valence-electron chi connectivity index (χ0n) is 17.1. The maximum absolute atomic E-state index is 12.5. The Hall–Kier alpha value is -4.60. The molecule has 0 saturated heterocycles. The maximum atomic E-state index is 12.5. The summed E-state index contributed by atoms with van der Waals surface area (Å²) in [7, 11) is 0. The molecule has 3 aromatic carbocycles. The first-order valence-electron chi connectivity index (χ1n) is 9.38. The lowest BCUT2D eigenvalue weighted by Crippen LogP contribution is -2.15. The quantitative estimate of drug-likeness (QED) is 0.428. The summed E-state index contributed by atoms with van der Waals surface area (Å²) in [4.78, 5) is 45.7. The predicted molar refractivity (Wildman–Crippen MR) is 118 cm³/mol. The molecular formula is C22H18N4O6. The first kappa shape index (κ1) is 22.1. The molecule has 0 aromatic heterocycles. The Morgan fingerprint density at radius 2 is 1.06 bits per heavy atom. The third kappa shape index (κ3) is 4.93. The number of amides is 2. The molecule has 0 unspecified atom stereocenters. The highest BCUT2D eigenvalue weighted by molar-refractivity contribution is 6.07. The summed E-state index contributed by atoms with van der Waals surface area (Å²) >= 11 is 0. The minimum absolute atomic E-state index is 0.138. The summed E-state index contributed by atoms with van der Waals surface area (Å²) in [5.74, 6) is -1.02. The number of aryl methyl sites for hydroxylation is 2. The van der Waals surface area contributed by atoms with Gasteiger partial charge in [-0.25, -0.2) is 0 Å². The number of carbonyl (C=O) groups is 2. The van der Waals surface area contributed by atoms with Crippen molar-refractivity contribution in [1.29, 1.82) is 0 Å². The van der Waals surface area contributed by atoms with Crippen LogP contribution in [0.3, 0.4) is 0 Å². The van der Waals surface area contributed by atoms with Crippen LogP contribution >= 0.6 is 0 Å². The van der Waals surface area contributed by atoms with Crippen LogP contribution in [0.4, 0.5) is 22.7 Å². The molecule has 0 spiro atoms. The Morgan fingerprint density at radius 3 is 1.41 bits per heavy atom. The summed E-state index contributed by atoms with van der Waals surface area (Å²) in [5, 5.41) is 27.3.